The molecule has 0 bridgehead atoms. The summed E-state index contributed by atoms with van der Waals surface area (Å²) in [5, 5.41) is 11.9. The highest BCUT2D eigenvalue weighted by Gasteiger charge is 2.40. The summed E-state index contributed by atoms with van der Waals surface area (Å²) < 4.78 is 4.82. The molecule has 2 fully saturated rings. The van der Waals surface area contributed by atoms with Gasteiger partial charge in [-0.1, -0.05) is 26.2 Å². The summed E-state index contributed by atoms with van der Waals surface area (Å²) >= 11 is 1.75. The van der Waals surface area contributed by atoms with E-state index in [1.54, 1.807) is 11.8 Å². The van der Waals surface area contributed by atoms with E-state index < -0.39 is 36.4 Å². The van der Waals surface area contributed by atoms with Crippen molar-refractivity contribution < 1.29 is 24.2 Å². The molecule has 4 N–H and O–H groups in total. The van der Waals surface area contributed by atoms with Gasteiger partial charge in [0.25, 0.3) is 0 Å². The highest BCUT2D eigenvalue weighted by Crippen LogP contribution is 2.48. The number of rotatable bonds is 10. The zero-order chi connectivity index (χ0) is 20.0. The number of thioether (sulfide) groups is 1. The maximum absolute atomic E-state index is 12.1. The molecule has 0 radical (unpaired) electrons. The Kier molecular flexibility index (Phi) is 8.41. The summed E-state index contributed by atoms with van der Waals surface area (Å²) in [6, 6.07) is -2.00. The van der Waals surface area contributed by atoms with Gasteiger partial charge in [0, 0.05) is 11.0 Å². The number of amides is 1. The molecule has 7 nitrogen and oxygen atoms in total. The number of aliphatic carboxylic acids is 1. The first-order valence-corrected chi connectivity index (χ1v) is 10.9. The number of esters is 1. The number of carbonyl (C=O) groups is 3. The Morgan fingerprint density at radius 2 is 1.89 bits per heavy atom. The van der Waals surface area contributed by atoms with Crippen LogP contribution in [0.4, 0.5) is 0 Å². The van der Waals surface area contributed by atoms with E-state index in [-0.39, 0.29) is 0 Å². The second-order valence-electron chi connectivity index (χ2n) is 7.85. The van der Waals surface area contributed by atoms with Gasteiger partial charge in [0.1, 0.15) is 6.04 Å². The smallest absolute Gasteiger partial charge is 0.329 e. The molecule has 0 aliphatic heterocycles. The van der Waals surface area contributed by atoms with E-state index >= 15 is 0 Å². The van der Waals surface area contributed by atoms with Gasteiger partial charge >= 0.3 is 11.9 Å². The fourth-order valence-electron chi connectivity index (χ4n) is 3.94. The van der Waals surface area contributed by atoms with Crippen LogP contribution in [0.1, 0.15) is 51.9 Å². The van der Waals surface area contributed by atoms with E-state index in [1.165, 1.54) is 45.6 Å². The second kappa shape index (κ2) is 10.3. The van der Waals surface area contributed by atoms with Gasteiger partial charge in [0.2, 0.25) is 5.91 Å². The van der Waals surface area contributed by atoms with Gasteiger partial charge in [-0.3, -0.25) is 9.59 Å². The Hall–Kier alpha value is -1.28. The van der Waals surface area contributed by atoms with Crippen LogP contribution in [0.2, 0.25) is 0 Å². The van der Waals surface area contributed by atoms with Crippen LogP contribution in [-0.2, 0) is 19.1 Å². The van der Waals surface area contributed by atoms with Crippen LogP contribution < -0.4 is 11.1 Å². The van der Waals surface area contributed by atoms with Crippen molar-refractivity contribution in [2.45, 2.75) is 69.2 Å². The van der Waals surface area contributed by atoms with Crippen LogP contribution in [0, 0.1) is 17.8 Å². The van der Waals surface area contributed by atoms with E-state index in [0.717, 1.165) is 0 Å². The number of nitrogens with one attached hydrogen (secondary N) is 1. The Labute approximate surface area is 165 Å². The molecular formula is C19H32N2O5S. The van der Waals surface area contributed by atoms with Crippen LogP contribution in [0.5, 0.6) is 0 Å². The first-order chi connectivity index (χ1) is 12.8. The number of carboxylic acid groups (broad SMARTS) is 1. The lowest BCUT2D eigenvalue weighted by atomic mass is 9.77. The fraction of sp³-hybridized carbons (Fsp3) is 0.842. The number of carbonyl (C=O) groups excluding carboxylic acids is 2. The summed E-state index contributed by atoms with van der Waals surface area (Å²) in [6.45, 7) is 2.32. The van der Waals surface area contributed by atoms with Crippen LogP contribution in [-0.4, -0.2) is 53.1 Å². The lowest BCUT2D eigenvalue weighted by Crippen LogP contribution is -2.50. The molecule has 0 saturated heterocycles. The predicted octanol–water partition coefficient (Wildman–Crippen LogP) is 1.78. The number of ether oxygens (including phenoxy) is 1. The highest BCUT2D eigenvalue weighted by molar-refractivity contribution is 8.00. The molecule has 1 amide bonds. The third-order valence-electron chi connectivity index (χ3n) is 5.68. The molecule has 0 heterocycles. The zero-order valence-corrected chi connectivity index (χ0v) is 17.0. The van der Waals surface area contributed by atoms with E-state index in [4.69, 9.17) is 15.6 Å². The molecule has 0 aromatic rings. The van der Waals surface area contributed by atoms with Gasteiger partial charge in [-0.25, -0.2) is 4.79 Å². The van der Waals surface area contributed by atoms with Crippen LogP contribution in [0.15, 0.2) is 0 Å². The minimum Gasteiger partial charge on any atom is -0.481 e. The molecule has 2 aliphatic rings. The van der Waals surface area contributed by atoms with E-state index in [2.05, 4.69) is 12.2 Å². The molecule has 0 aromatic heterocycles. The molecular weight excluding hydrogens is 368 g/mol. The largest absolute Gasteiger partial charge is 0.481 e. The molecule has 2 saturated carbocycles. The number of methoxy groups -OCH3 is 1. The van der Waals surface area contributed by atoms with Crippen molar-refractivity contribution in [3.63, 3.8) is 0 Å². The van der Waals surface area contributed by atoms with Gasteiger partial charge in [-0.2, -0.15) is 11.8 Å². The maximum Gasteiger partial charge on any atom is 0.329 e. The molecule has 154 valence electrons. The number of hydrogen-bond donors (Lipinski definition) is 3. The van der Waals surface area contributed by atoms with Crippen molar-refractivity contribution >= 4 is 29.6 Å². The van der Waals surface area contributed by atoms with E-state index in [0.29, 0.717) is 28.8 Å². The summed E-state index contributed by atoms with van der Waals surface area (Å²) in [5.41, 5.74) is 5.61. The van der Waals surface area contributed by atoms with Crippen molar-refractivity contribution in [1.29, 1.82) is 0 Å². The van der Waals surface area contributed by atoms with E-state index in [9.17, 15) is 14.4 Å². The molecule has 27 heavy (non-hydrogen) atoms. The molecule has 0 spiro atoms. The molecule has 0 aromatic carbocycles. The zero-order valence-electron chi connectivity index (χ0n) is 16.2. The molecule has 8 heteroatoms. The van der Waals surface area contributed by atoms with Crippen LogP contribution in [0.25, 0.3) is 0 Å². The average Bonchev–Trinajstić information content (AvgIpc) is 3.45. The summed E-state index contributed by atoms with van der Waals surface area (Å²) in [6.07, 6.45) is 7.04. The van der Waals surface area contributed by atoms with Gasteiger partial charge in [-0.15, -0.1) is 0 Å². The quantitative estimate of drug-likeness (QED) is 0.478. The Balaban J connectivity index is 1.96. The average molecular weight is 401 g/mol. The van der Waals surface area contributed by atoms with Crippen molar-refractivity contribution in [2.75, 3.05) is 12.9 Å². The first-order valence-electron chi connectivity index (χ1n) is 9.80. The maximum atomic E-state index is 12.1. The van der Waals surface area contributed by atoms with Crippen molar-refractivity contribution in [2.24, 2.45) is 23.5 Å². The monoisotopic (exact) mass is 400 g/mol. The van der Waals surface area contributed by atoms with Crippen LogP contribution >= 0.6 is 11.8 Å². The third kappa shape index (κ3) is 6.68. The van der Waals surface area contributed by atoms with Gasteiger partial charge in [-0.05, 0) is 37.0 Å². The minimum absolute atomic E-state index is 0.419. The molecule has 2 aliphatic carbocycles. The SMILES string of the molecule is COC(=O)[C@H](CSC(C1CC1)C1CCCCC1C)NC(=O)[C@@H](N)CC(=O)O. The Morgan fingerprint density at radius 3 is 2.44 bits per heavy atom. The van der Waals surface area contributed by atoms with Crippen molar-refractivity contribution in [3.8, 4) is 0 Å². The highest BCUT2D eigenvalue weighted by atomic mass is 32.2. The Morgan fingerprint density at radius 1 is 1.22 bits per heavy atom. The standard InChI is InChI=1S/C19H32N2O5S/c1-11-5-3-4-6-13(11)17(12-7-8-12)27-10-15(19(25)26-2)21-18(24)14(20)9-16(22)23/h11-15,17H,3-10,20H2,1-2H3,(H,21,24)(H,22,23)/t11?,13?,14-,15-,17?/m0/s1. The number of carboxylic acids is 1. The van der Waals surface area contributed by atoms with E-state index in [1.807, 2.05) is 0 Å². The normalized spacial score (nSPS) is 25.9. The lowest BCUT2D eigenvalue weighted by molar-refractivity contribution is -0.144. The molecule has 5 atom stereocenters. The summed E-state index contributed by atoms with van der Waals surface area (Å²) in [7, 11) is 1.28. The number of nitrogens with two attached hydrogens (primary N) is 1. The Bertz CT molecular complexity index is 540. The molecule has 3 unspecified atom stereocenters. The van der Waals surface area contributed by atoms with Crippen molar-refractivity contribution in [3.05, 3.63) is 0 Å². The topological polar surface area (TPSA) is 119 Å². The lowest BCUT2D eigenvalue weighted by Gasteiger charge is -2.36. The fourth-order valence-corrected chi connectivity index (χ4v) is 5.77. The summed E-state index contributed by atoms with van der Waals surface area (Å²) in [4.78, 5) is 35.0. The predicted molar refractivity (Wildman–Crippen MR) is 104 cm³/mol. The van der Waals surface area contributed by atoms with Gasteiger partial charge in [0.15, 0.2) is 0 Å². The van der Waals surface area contributed by atoms with Crippen molar-refractivity contribution in [1.82, 2.24) is 5.32 Å². The van der Waals surface area contributed by atoms with Gasteiger partial charge < -0.3 is 20.9 Å². The first kappa shape index (κ1) is 22.0. The number of hydrogen-bond acceptors (Lipinski definition) is 6. The second-order valence-corrected chi connectivity index (χ2v) is 9.06. The van der Waals surface area contributed by atoms with Crippen LogP contribution in [0.3, 0.4) is 0 Å². The molecule has 2 rings (SSSR count). The summed E-state index contributed by atoms with van der Waals surface area (Å²) in [5.74, 6) is 0.145. The van der Waals surface area contributed by atoms with Gasteiger partial charge in [0.05, 0.1) is 19.6 Å². The minimum atomic E-state index is -1.18. The third-order valence-corrected chi connectivity index (χ3v) is 7.32.